The fourth-order valence-corrected chi connectivity index (χ4v) is 3.91. The molecule has 2 unspecified atom stereocenters. The second-order valence-corrected chi connectivity index (χ2v) is 7.48. The highest BCUT2D eigenvalue weighted by Gasteiger charge is 2.20. The molecule has 0 amide bonds. The lowest BCUT2D eigenvalue weighted by atomic mass is 10.0. The third-order valence-electron chi connectivity index (χ3n) is 3.91. The third kappa shape index (κ3) is 3.52. The Kier molecular flexibility index (Phi) is 4.70. The van der Waals surface area contributed by atoms with E-state index in [4.69, 9.17) is 0 Å². The van der Waals surface area contributed by atoms with E-state index in [0.29, 0.717) is 10.8 Å². The molecule has 0 radical (unpaired) electrons. The molecule has 1 aliphatic rings. The van der Waals surface area contributed by atoms with Gasteiger partial charge in [-0.05, 0) is 49.4 Å². The van der Waals surface area contributed by atoms with Gasteiger partial charge in [-0.2, -0.15) is 0 Å². The number of benzene rings is 1. The van der Waals surface area contributed by atoms with Crippen LogP contribution in [0, 0.1) is 5.92 Å². The average molecular weight is 296 g/mol. The van der Waals surface area contributed by atoms with Crippen LogP contribution in [-0.2, 0) is 16.4 Å². The van der Waals surface area contributed by atoms with Crippen molar-refractivity contribution in [1.82, 2.24) is 4.72 Å². The molecule has 1 aliphatic heterocycles. The van der Waals surface area contributed by atoms with Crippen molar-refractivity contribution in [2.75, 3.05) is 11.9 Å². The zero-order chi connectivity index (χ0) is 14.8. The Morgan fingerprint density at radius 1 is 1.35 bits per heavy atom. The first kappa shape index (κ1) is 15.3. The Bertz CT molecular complexity index is 569. The van der Waals surface area contributed by atoms with Gasteiger partial charge in [-0.15, -0.1) is 0 Å². The molecule has 0 aromatic heterocycles. The molecule has 0 bridgehead atoms. The number of nitrogens with one attached hydrogen (secondary N) is 2. The summed E-state index contributed by atoms with van der Waals surface area (Å²) < 4.78 is 27.5. The van der Waals surface area contributed by atoms with Gasteiger partial charge >= 0.3 is 0 Å². The van der Waals surface area contributed by atoms with Gasteiger partial charge in [0.1, 0.15) is 0 Å². The van der Waals surface area contributed by atoms with E-state index in [1.54, 1.807) is 12.1 Å². The molecule has 5 heteroatoms. The summed E-state index contributed by atoms with van der Waals surface area (Å²) in [5.74, 6) is 0.525. The maximum atomic E-state index is 12.4. The lowest BCUT2D eigenvalue weighted by Gasteiger charge is -2.18. The summed E-state index contributed by atoms with van der Waals surface area (Å²) in [6, 6.07) is 5.28. The minimum Gasteiger partial charge on any atom is -0.384 e. The Labute approximate surface area is 122 Å². The van der Waals surface area contributed by atoms with E-state index in [-0.39, 0.29) is 6.04 Å². The van der Waals surface area contributed by atoms with E-state index in [0.717, 1.165) is 37.1 Å². The molecule has 20 heavy (non-hydrogen) atoms. The van der Waals surface area contributed by atoms with E-state index >= 15 is 0 Å². The minimum absolute atomic E-state index is 0.0404. The van der Waals surface area contributed by atoms with Crippen LogP contribution in [0.4, 0.5) is 5.69 Å². The van der Waals surface area contributed by atoms with Gasteiger partial charge in [0.15, 0.2) is 0 Å². The van der Waals surface area contributed by atoms with Gasteiger partial charge in [0.25, 0.3) is 0 Å². The highest BCUT2D eigenvalue weighted by molar-refractivity contribution is 7.89. The van der Waals surface area contributed by atoms with Crippen molar-refractivity contribution in [3.63, 3.8) is 0 Å². The molecular weight excluding hydrogens is 272 g/mol. The number of anilines is 1. The summed E-state index contributed by atoms with van der Waals surface area (Å²) in [6.45, 7) is 7.08. The summed E-state index contributed by atoms with van der Waals surface area (Å²) in [5, 5.41) is 3.24. The summed E-state index contributed by atoms with van der Waals surface area (Å²) >= 11 is 0. The molecule has 4 nitrogen and oxygen atoms in total. The van der Waals surface area contributed by atoms with Crippen LogP contribution >= 0.6 is 0 Å². The van der Waals surface area contributed by atoms with Gasteiger partial charge in [-0.3, -0.25) is 0 Å². The lowest BCUT2D eigenvalue weighted by Crippen LogP contribution is -2.33. The van der Waals surface area contributed by atoms with Crippen LogP contribution in [0.1, 0.15) is 39.2 Å². The van der Waals surface area contributed by atoms with Crippen molar-refractivity contribution >= 4 is 15.7 Å². The van der Waals surface area contributed by atoms with E-state index in [1.165, 1.54) is 0 Å². The van der Waals surface area contributed by atoms with E-state index in [1.807, 2.05) is 13.0 Å². The molecule has 0 aliphatic carbocycles. The van der Waals surface area contributed by atoms with Crippen molar-refractivity contribution < 1.29 is 8.42 Å². The molecule has 2 N–H and O–H groups in total. The molecule has 1 aromatic carbocycles. The van der Waals surface area contributed by atoms with Crippen molar-refractivity contribution in [3.05, 3.63) is 23.8 Å². The fourth-order valence-electron chi connectivity index (χ4n) is 2.60. The first-order chi connectivity index (χ1) is 9.42. The number of rotatable bonds is 6. The molecule has 0 spiro atoms. The predicted molar refractivity (Wildman–Crippen MR) is 82.5 cm³/mol. The molecule has 1 heterocycles. The van der Waals surface area contributed by atoms with Gasteiger partial charge in [0.2, 0.25) is 10.0 Å². The number of fused-ring (bicyclic) bond motifs is 1. The Morgan fingerprint density at radius 2 is 2.10 bits per heavy atom. The minimum atomic E-state index is -3.41. The molecule has 0 saturated heterocycles. The van der Waals surface area contributed by atoms with Crippen LogP contribution in [0.2, 0.25) is 0 Å². The smallest absolute Gasteiger partial charge is 0.240 e. The van der Waals surface area contributed by atoms with Crippen LogP contribution in [0.5, 0.6) is 0 Å². The topological polar surface area (TPSA) is 58.2 Å². The van der Waals surface area contributed by atoms with Crippen LogP contribution in [0.25, 0.3) is 0 Å². The molecule has 112 valence electrons. The van der Waals surface area contributed by atoms with Crippen molar-refractivity contribution in [2.24, 2.45) is 5.92 Å². The normalized spacial score (nSPS) is 17.4. The second-order valence-electron chi connectivity index (χ2n) is 5.77. The van der Waals surface area contributed by atoms with E-state index < -0.39 is 10.0 Å². The Balaban J connectivity index is 2.10. The maximum absolute atomic E-state index is 12.4. The lowest BCUT2D eigenvalue weighted by molar-refractivity contribution is 0.445. The van der Waals surface area contributed by atoms with Gasteiger partial charge in [-0.25, -0.2) is 13.1 Å². The standard InChI is InChI=1S/C15H24N2O2S/c1-4-11(2)9-12(3)17-20(18,19)14-5-6-15-13(10-14)7-8-16-15/h5-6,10-12,16-17H,4,7-9H2,1-3H3. The number of hydrogen-bond donors (Lipinski definition) is 2. The maximum Gasteiger partial charge on any atom is 0.240 e. The highest BCUT2D eigenvalue weighted by Crippen LogP contribution is 2.25. The van der Waals surface area contributed by atoms with Crippen LogP contribution in [-0.4, -0.2) is 21.0 Å². The van der Waals surface area contributed by atoms with Crippen LogP contribution in [0.3, 0.4) is 0 Å². The zero-order valence-electron chi connectivity index (χ0n) is 12.4. The first-order valence-electron chi connectivity index (χ1n) is 7.31. The monoisotopic (exact) mass is 296 g/mol. The molecule has 0 fully saturated rings. The Hall–Kier alpha value is -1.07. The van der Waals surface area contributed by atoms with Crippen molar-refractivity contribution in [3.8, 4) is 0 Å². The van der Waals surface area contributed by atoms with Crippen LogP contribution < -0.4 is 10.0 Å². The molecule has 2 rings (SSSR count). The Morgan fingerprint density at radius 3 is 2.80 bits per heavy atom. The molecule has 2 atom stereocenters. The summed E-state index contributed by atoms with van der Waals surface area (Å²) in [5.41, 5.74) is 2.14. The zero-order valence-corrected chi connectivity index (χ0v) is 13.3. The molecular formula is C15H24N2O2S. The number of hydrogen-bond acceptors (Lipinski definition) is 3. The average Bonchev–Trinajstić information content (AvgIpc) is 2.84. The first-order valence-corrected chi connectivity index (χ1v) is 8.80. The summed E-state index contributed by atoms with van der Waals surface area (Å²) in [4.78, 5) is 0.371. The van der Waals surface area contributed by atoms with Gasteiger partial charge < -0.3 is 5.32 Å². The van der Waals surface area contributed by atoms with E-state index in [9.17, 15) is 8.42 Å². The quantitative estimate of drug-likeness (QED) is 0.848. The molecule has 0 saturated carbocycles. The highest BCUT2D eigenvalue weighted by atomic mass is 32.2. The fraction of sp³-hybridized carbons (Fsp3) is 0.600. The van der Waals surface area contributed by atoms with Gasteiger partial charge in [0, 0.05) is 18.3 Å². The summed E-state index contributed by atoms with van der Waals surface area (Å²) in [7, 11) is -3.41. The van der Waals surface area contributed by atoms with Crippen molar-refractivity contribution in [2.45, 2.75) is 51.0 Å². The predicted octanol–water partition coefficient (Wildman–Crippen LogP) is 2.76. The number of sulfonamides is 1. The second kappa shape index (κ2) is 6.14. The van der Waals surface area contributed by atoms with Crippen molar-refractivity contribution in [1.29, 1.82) is 0 Å². The van der Waals surface area contributed by atoms with E-state index in [2.05, 4.69) is 23.9 Å². The largest absolute Gasteiger partial charge is 0.384 e. The SMILES string of the molecule is CCC(C)CC(C)NS(=O)(=O)c1ccc2c(c1)CCN2. The van der Waals surface area contributed by atoms with Gasteiger partial charge in [-0.1, -0.05) is 20.3 Å². The van der Waals surface area contributed by atoms with Gasteiger partial charge in [0.05, 0.1) is 4.90 Å². The molecule has 1 aromatic rings. The third-order valence-corrected chi connectivity index (χ3v) is 5.49. The summed E-state index contributed by atoms with van der Waals surface area (Å²) in [6.07, 6.45) is 2.82. The van der Waals surface area contributed by atoms with Crippen LogP contribution in [0.15, 0.2) is 23.1 Å².